The Bertz CT molecular complexity index is 714. The third-order valence-corrected chi connectivity index (χ3v) is 3.33. The van der Waals surface area contributed by atoms with E-state index in [4.69, 9.17) is 11.6 Å². The molecule has 120 valence electrons. The van der Waals surface area contributed by atoms with Crippen LogP contribution in [0, 0.1) is 11.6 Å². The molecule has 0 radical (unpaired) electrons. The number of amides is 1. The molecule has 1 atom stereocenters. The SMILES string of the molecule is O=C(N[C@H](Cc1ccc(Cl)cc1)C(=O)O)c1cc(F)cc(F)c1. The van der Waals surface area contributed by atoms with E-state index in [9.17, 15) is 23.5 Å². The highest BCUT2D eigenvalue weighted by molar-refractivity contribution is 6.30. The molecule has 0 unspecified atom stereocenters. The second-order valence-electron chi connectivity index (χ2n) is 4.85. The number of aliphatic carboxylic acids is 1. The van der Waals surface area contributed by atoms with Crippen molar-refractivity contribution in [1.29, 1.82) is 0 Å². The van der Waals surface area contributed by atoms with Gasteiger partial charge in [0.15, 0.2) is 0 Å². The Balaban J connectivity index is 2.14. The summed E-state index contributed by atoms with van der Waals surface area (Å²) in [5, 5.41) is 12.0. The van der Waals surface area contributed by atoms with Gasteiger partial charge in [0.25, 0.3) is 5.91 Å². The van der Waals surface area contributed by atoms with Gasteiger partial charge in [0.2, 0.25) is 0 Å². The number of carbonyl (C=O) groups excluding carboxylic acids is 1. The van der Waals surface area contributed by atoms with E-state index in [0.717, 1.165) is 12.1 Å². The highest BCUT2D eigenvalue weighted by Gasteiger charge is 2.21. The number of carboxylic acids is 1. The first-order valence-corrected chi connectivity index (χ1v) is 6.97. The number of carbonyl (C=O) groups is 2. The van der Waals surface area contributed by atoms with Gasteiger partial charge in [-0.3, -0.25) is 4.79 Å². The molecule has 4 nitrogen and oxygen atoms in total. The molecule has 0 saturated carbocycles. The Hall–Kier alpha value is -2.47. The molecule has 0 saturated heterocycles. The highest BCUT2D eigenvalue weighted by atomic mass is 35.5. The van der Waals surface area contributed by atoms with Crippen LogP contribution in [0.15, 0.2) is 42.5 Å². The molecule has 0 aromatic heterocycles. The molecule has 7 heteroatoms. The van der Waals surface area contributed by atoms with Crippen molar-refractivity contribution >= 4 is 23.5 Å². The minimum absolute atomic E-state index is 0.00996. The van der Waals surface area contributed by atoms with Gasteiger partial charge in [0.1, 0.15) is 17.7 Å². The molecule has 0 fully saturated rings. The normalized spacial score (nSPS) is 11.8. The molecular formula is C16H12ClF2NO3. The average Bonchev–Trinajstić information content (AvgIpc) is 2.47. The average molecular weight is 340 g/mol. The van der Waals surface area contributed by atoms with E-state index in [-0.39, 0.29) is 12.0 Å². The molecular weight excluding hydrogens is 328 g/mol. The number of nitrogens with one attached hydrogen (secondary N) is 1. The van der Waals surface area contributed by atoms with Crippen molar-refractivity contribution in [3.63, 3.8) is 0 Å². The van der Waals surface area contributed by atoms with Crippen molar-refractivity contribution in [1.82, 2.24) is 5.32 Å². The number of rotatable bonds is 5. The fraction of sp³-hybridized carbons (Fsp3) is 0.125. The molecule has 2 aromatic carbocycles. The van der Waals surface area contributed by atoms with Gasteiger partial charge in [-0.15, -0.1) is 0 Å². The molecule has 2 aromatic rings. The van der Waals surface area contributed by atoms with E-state index >= 15 is 0 Å². The van der Waals surface area contributed by atoms with Crippen molar-refractivity contribution in [2.75, 3.05) is 0 Å². The van der Waals surface area contributed by atoms with E-state index in [0.29, 0.717) is 16.7 Å². The maximum atomic E-state index is 13.1. The number of hydrogen-bond acceptors (Lipinski definition) is 2. The van der Waals surface area contributed by atoms with Crippen LogP contribution >= 0.6 is 11.6 Å². The Morgan fingerprint density at radius 1 is 1.09 bits per heavy atom. The van der Waals surface area contributed by atoms with Gasteiger partial charge in [-0.25, -0.2) is 13.6 Å². The summed E-state index contributed by atoms with van der Waals surface area (Å²) in [6.07, 6.45) is 0.00996. The lowest BCUT2D eigenvalue weighted by molar-refractivity contribution is -0.139. The van der Waals surface area contributed by atoms with Gasteiger partial charge < -0.3 is 10.4 Å². The first-order valence-electron chi connectivity index (χ1n) is 6.59. The lowest BCUT2D eigenvalue weighted by Crippen LogP contribution is -2.42. The van der Waals surface area contributed by atoms with Crippen LogP contribution in [0.5, 0.6) is 0 Å². The van der Waals surface area contributed by atoms with E-state index in [1.807, 2.05) is 0 Å². The summed E-state index contributed by atoms with van der Waals surface area (Å²) in [5.41, 5.74) is 0.359. The zero-order valence-electron chi connectivity index (χ0n) is 11.7. The minimum Gasteiger partial charge on any atom is -0.480 e. The van der Waals surface area contributed by atoms with E-state index in [2.05, 4.69) is 5.32 Å². The summed E-state index contributed by atoms with van der Waals surface area (Å²) in [6, 6.07) is 7.51. The summed E-state index contributed by atoms with van der Waals surface area (Å²) in [4.78, 5) is 23.3. The van der Waals surface area contributed by atoms with E-state index < -0.39 is 29.6 Å². The maximum Gasteiger partial charge on any atom is 0.326 e. The molecule has 0 aliphatic carbocycles. The van der Waals surface area contributed by atoms with Crippen molar-refractivity contribution in [3.8, 4) is 0 Å². The fourth-order valence-electron chi connectivity index (χ4n) is 1.98. The summed E-state index contributed by atoms with van der Waals surface area (Å²) < 4.78 is 26.2. The molecule has 2 N–H and O–H groups in total. The molecule has 0 bridgehead atoms. The van der Waals surface area contributed by atoms with Crippen LogP contribution in [0.1, 0.15) is 15.9 Å². The minimum atomic E-state index is -1.26. The highest BCUT2D eigenvalue weighted by Crippen LogP contribution is 2.12. The molecule has 23 heavy (non-hydrogen) atoms. The zero-order chi connectivity index (χ0) is 17.0. The predicted octanol–water partition coefficient (Wildman–Crippen LogP) is 3.04. The van der Waals surface area contributed by atoms with E-state index in [1.165, 1.54) is 0 Å². The number of carboxylic acid groups (broad SMARTS) is 1. The zero-order valence-corrected chi connectivity index (χ0v) is 12.5. The lowest BCUT2D eigenvalue weighted by Gasteiger charge is -2.15. The standard InChI is InChI=1S/C16H12ClF2NO3/c17-11-3-1-9(2-4-11)5-14(16(22)23)20-15(21)10-6-12(18)8-13(19)7-10/h1-4,6-8,14H,5H2,(H,20,21)(H,22,23)/t14-/m1/s1. The van der Waals surface area contributed by atoms with Crippen LogP contribution in [0.3, 0.4) is 0 Å². The Kier molecular flexibility index (Phi) is 5.28. The van der Waals surface area contributed by atoms with Crippen LogP contribution in [-0.4, -0.2) is 23.0 Å². The predicted molar refractivity (Wildman–Crippen MR) is 80.4 cm³/mol. The topological polar surface area (TPSA) is 66.4 Å². The summed E-state index contributed by atoms with van der Waals surface area (Å²) in [5.74, 6) is -3.96. The third kappa shape index (κ3) is 4.75. The van der Waals surface area contributed by atoms with Crippen LogP contribution < -0.4 is 5.32 Å². The van der Waals surface area contributed by atoms with E-state index in [1.54, 1.807) is 24.3 Å². The second-order valence-corrected chi connectivity index (χ2v) is 5.29. The quantitative estimate of drug-likeness (QED) is 0.880. The smallest absolute Gasteiger partial charge is 0.326 e. The molecule has 0 spiro atoms. The largest absolute Gasteiger partial charge is 0.480 e. The number of benzene rings is 2. The second kappa shape index (κ2) is 7.19. The first-order chi connectivity index (χ1) is 10.8. The van der Waals surface area contributed by atoms with Crippen LogP contribution in [0.25, 0.3) is 0 Å². The summed E-state index contributed by atoms with van der Waals surface area (Å²) >= 11 is 5.75. The monoisotopic (exact) mass is 339 g/mol. The van der Waals surface area contributed by atoms with Crippen LogP contribution in [0.4, 0.5) is 8.78 Å². The van der Waals surface area contributed by atoms with Gasteiger partial charge >= 0.3 is 5.97 Å². The van der Waals surface area contributed by atoms with Crippen molar-refractivity contribution in [2.45, 2.75) is 12.5 Å². The van der Waals surface area contributed by atoms with Gasteiger partial charge in [-0.2, -0.15) is 0 Å². The van der Waals surface area contributed by atoms with Gasteiger partial charge in [-0.05, 0) is 29.8 Å². The molecule has 0 heterocycles. The summed E-state index contributed by atoms with van der Waals surface area (Å²) in [6.45, 7) is 0. The van der Waals surface area contributed by atoms with Crippen molar-refractivity contribution < 1.29 is 23.5 Å². The molecule has 0 aliphatic rings. The maximum absolute atomic E-state index is 13.1. The number of halogens is 3. The summed E-state index contributed by atoms with van der Waals surface area (Å²) in [7, 11) is 0. The number of hydrogen-bond donors (Lipinski definition) is 2. The van der Waals surface area contributed by atoms with Gasteiger partial charge in [-0.1, -0.05) is 23.7 Å². The van der Waals surface area contributed by atoms with Crippen LogP contribution in [-0.2, 0) is 11.2 Å². The fourth-order valence-corrected chi connectivity index (χ4v) is 2.11. The molecule has 1 amide bonds. The Labute approximate surface area is 135 Å². The Morgan fingerprint density at radius 2 is 1.65 bits per heavy atom. The first kappa shape index (κ1) is 16.9. The van der Waals surface area contributed by atoms with Gasteiger partial charge in [0.05, 0.1) is 0 Å². The molecule has 2 rings (SSSR count). The van der Waals surface area contributed by atoms with Crippen molar-refractivity contribution in [3.05, 3.63) is 70.2 Å². The lowest BCUT2D eigenvalue weighted by atomic mass is 10.1. The third-order valence-electron chi connectivity index (χ3n) is 3.08. The van der Waals surface area contributed by atoms with Gasteiger partial charge in [0, 0.05) is 23.1 Å². The van der Waals surface area contributed by atoms with Crippen molar-refractivity contribution in [2.24, 2.45) is 0 Å². The molecule has 0 aliphatic heterocycles. The van der Waals surface area contributed by atoms with Crippen LogP contribution in [0.2, 0.25) is 5.02 Å². The Morgan fingerprint density at radius 3 is 2.17 bits per heavy atom.